The Balaban J connectivity index is 1.73. The van der Waals surface area contributed by atoms with Crippen LogP contribution in [0.2, 0.25) is 0 Å². The number of ether oxygens (including phenoxy) is 1. The molecule has 3 aromatic rings. The summed E-state index contributed by atoms with van der Waals surface area (Å²) >= 11 is 1.16. The van der Waals surface area contributed by atoms with Gasteiger partial charge in [0.15, 0.2) is 4.80 Å². The van der Waals surface area contributed by atoms with Crippen LogP contribution in [0.5, 0.6) is 0 Å². The number of hydrogen-bond acceptors (Lipinski definition) is 6. The molecule has 1 aliphatic rings. The third kappa shape index (κ3) is 4.40. The van der Waals surface area contributed by atoms with Gasteiger partial charge >= 0.3 is 5.97 Å². The lowest BCUT2D eigenvalue weighted by atomic mass is 10.2. The number of carbonyl (C=O) groups excluding carboxylic acids is 2. The standard InChI is InChI=1S/C23H20FN3O5S2/c1-3-12-26-18-11-6-15(22(29)32-2)14-20(18)33-23(26)25-21(28)19-5-4-13-27(19)34(30,31)17-9-7-16(24)8-10-17/h1,6-11,14,19H,4-5,12-13H2,2H3. The molecule has 4 rings (SSSR count). The van der Waals surface area contributed by atoms with Gasteiger partial charge in [-0.05, 0) is 55.3 Å². The third-order valence-corrected chi connectivity index (χ3v) is 8.43. The lowest BCUT2D eigenvalue weighted by Gasteiger charge is -2.21. The van der Waals surface area contributed by atoms with E-state index in [9.17, 15) is 22.4 Å². The highest BCUT2D eigenvalue weighted by Crippen LogP contribution is 2.27. The van der Waals surface area contributed by atoms with Gasteiger partial charge in [0.2, 0.25) is 10.0 Å². The quantitative estimate of drug-likeness (QED) is 0.395. The van der Waals surface area contributed by atoms with E-state index in [1.807, 2.05) is 0 Å². The summed E-state index contributed by atoms with van der Waals surface area (Å²) in [5.74, 6) is 0.852. The molecule has 1 fully saturated rings. The fourth-order valence-corrected chi connectivity index (χ4v) is 6.56. The summed E-state index contributed by atoms with van der Waals surface area (Å²) in [7, 11) is -2.72. The van der Waals surface area contributed by atoms with Crippen LogP contribution in [0.3, 0.4) is 0 Å². The lowest BCUT2D eigenvalue weighted by Crippen LogP contribution is -2.40. The number of carbonyl (C=O) groups is 2. The normalized spacial score (nSPS) is 17.1. The van der Waals surface area contributed by atoms with Gasteiger partial charge in [0, 0.05) is 6.54 Å². The molecule has 1 aromatic heterocycles. The number of methoxy groups -OCH3 is 1. The second kappa shape index (κ2) is 9.50. The number of hydrogen-bond donors (Lipinski definition) is 0. The van der Waals surface area contributed by atoms with Crippen molar-refractivity contribution in [3.8, 4) is 12.3 Å². The Labute approximate surface area is 199 Å². The van der Waals surface area contributed by atoms with Crippen molar-refractivity contribution in [2.75, 3.05) is 13.7 Å². The Bertz CT molecular complexity index is 1480. The van der Waals surface area contributed by atoms with Crippen LogP contribution in [-0.2, 0) is 26.1 Å². The number of esters is 1. The molecule has 2 heterocycles. The van der Waals surface area contributed by atoms with E-state index in [4.69, 9.17) is 11.2 Å². The molecule has 0 radical (unpaired) electrons. The molecule has 0 N–H and O–H groups in total. The van der Waals surface area contributed by atoms with Crippen molar-refractivity contribution in [1.29, 1.82) is 0 Å². The molecule has 0 aliphatic carbocycles. The van der Waals surface area contributed by atoms with Gasteiger partial charge in [-0.25, -0.2) is 17.6 Å². The van der Waals surface area contributed by atoms with E-state index in [-0.39, 0.29) is 18.0 Å². The van der Waals surface area contributed by atoms with Gasteiger partial charge in [-0.3, -0.25) is 4.79 Å². The predicted molar refractivity (Wildman–Crippen MR) is 124 cm³/mol. The van der Waals surface area contributed by atoms with Gasteiger partial charge < -0.3 is 9.30 Å². The van der Waals surface area contributed by atoms with E-state index in [0.29, 0.717) is 33.4 Å². The zero-order chi connectivity index (χ0) is 24.5. The molecule has 1 amide bonds. The van der Waals surface area contributed by atoms with Crippen LogP contribution in [-0.4, -0.2) is 48.9 Å². The summed E-state index contributed by atoms with van der Waals surface area (Å²) in [6.45, 7) is 0.289. The van der Waals surface area contributed by atoms with Gasteiger partial charge in [-0.15, -0.1) is 6.42 Å². The minimum Gasteiger partial charge on any atom is -0.465 e. The van der Waals surface area contributed by atoms with E-state index in [2.05, 4.69) is 10.9 Å². The Hall–Kier alpha value is -3.33. The molecular formula is C23H20FN3O5S2. The Morgan fingerprint density at radius 3 is 2.68 bits per heavy atom. The summed E-state index contributed by atoms with van der Waals surface area (Å²) in [5, 5.41) is 0. The number of fused-ring (bicyclic) bond motifs is 1. The molecule has 0 spiro atoms. The third-order valence-electron chi connectivity index (χ3n) is 5.47. The first-order valence-electron chi connectivity index (χ1n) is 10.3. The topological polar surface area (TPSA) is 98.0 Å². The molecule has 176 valence electrons. The second-order valence-electron chi connectivity index (χ2n) is 7.53. The smallest absolute Gasteiger partial charge is 0.337 e. The van der Waals surface area contributed by atoms with Crippen LogP contribution in [0.1, 0.15) is 23.2 Å². The van der Waals surface area contributed by atoms with E-state index in [1.165, 1.54) is 19.2 Å². The first-order valence-corrected chi connectivity index (χ1v) is 12.5. The van der Waals surface area contributed by atoms with Crippen molar-refractivity contribution in [2.24, 2.45) is 4.99 Å². The summed E-state index contributed by atoms with van der Waals surface area (Å²) in [5.41, 5.74) is 1.03. The Kier molecular flexibility index (Phi) is 6.65. The average Bonchev–Trinajstić information content (AvgIpc) is 3.45. The van der Waals surface area contributed by atoms with Crippen LogP contribution >= 0.6 is 11.3 Å². The van der Waals surface area contributed by atoms with E-state index < -0.39 is 33.8 Å². The molecule has 1 saturated heterocycles. The first-order chi connectivity index (χ1) is 16.3. The van der Waals surface area contributed by atoms with Gasteiger partial charge in [0.05, 0.1) is 34.3 Å². The maximum absolute atomic E-state index is 13.3. The first kappa shape index (κ1) is 23.8. The Morgan fingerprint density at radius 2 is 2.00 bits per heavy atom. The van der Waals surface area contributed by atoms with E-state index in [1.54, 1.807) is 22.8 Å². The highest BCUT2D eigenvalue weighted by molar-refractivity contribution is 7.89. The molecule has 11 heteroatoms. The second-order valence-corrected chi connectivity index (χ2v) is 10.4. The monoisotopic (exact) mass is 501 g/mol. The van der Waals surface area contributed by atoms with Gasteiger partial charge in [-0.1, -0.05) is 17.3 Å². The van der Waals surface area contributed by atoms with Crippen molar-refractivity contribution in [3.05, 3.63) is 58.6 Å². The SMILES string of the molecule is C#CCn1c(=NC(=O)C2CCCN2S(=O)(=O)c2ccc(F)cc2)sc2cc(C(=O)OC)ccc21. The van der Waals surface area contributed by atoms with Crippen LogP contribution < -0.4 is 4.80 Å². The molecule has 1 unspecified atom stereocenters. The number of nitrogens with zero attached hydrogens (tertiary/aromatic N) is 3. The number of terminal acetylenes is 1. The van der Waals surface area contributed by atoms with Crippen molar-refractivity contribution in [3.63, 3.8) is 0 Å². The molecular weight excluding hydrogens is 481 g/mol. The van der Waals surface area contributed by atoms with Crippen LogP contribution in [0.25, 0.3) is 10.2 Å². The number of aromatic nitrogens is 1. The van der Waals surface area contributed by atoms with Crippen LogP contribution in [0, 0.1) is 18.2 Å². The molecule has 2 aromatic carbocycles. The zero-order valence-corrected chi connectivity index (χ0v) is 19.7. The summed E-state index contributed by atoms with van der Waals surface area (Å²) in [6, 6.07) is 8.40. The Morgan fingerprint density at radius 1 is 1.26 bits per heavy atom. The van der Waals surface area contributed by atoms with Gasteiger partial charge in [-0.2, -0.15) is 9.30 Å². The maximum Gasteiger partial charge on any atom is 0.337 e. The molecule has 0 saturated carbocycles. The summed E-state index contributed by atoms with van der Waals surface area (Å²) in [6.07, 6.45) is 6.31. The summed E-state index contributed by atoms with van der Waals surface area (Å²) in [4.78, 5) is 29.5. The fraction of sp³-hybridized carbons (Fsp3) is 0.261. The number of sulfonamides is 1. The van der Waals surface area contributed by atoms with Gasteiger partial charge in [0.1, 0.15) is 11.9 Å². The van der Waals surface area contributed by atoms with E-state index >= 15 is 0 Å². The molecule has 0 bridgehead atoms. The van der Waals surface area contributed by atoms with Crippen molar-refractivity contribution in [1.82, 2.24) is 8.87 Å². The van der Waals surface area contributed by atoms with Crippen molar-refractivity contribution >= 4 is 43.5 Å². The zero-order valence-electron chi connectivity index (χ0n) is 18.1. The highest BCUT2D eigenvalue weighted by Gasteiger charge is 2.39. The lowest BCUT2D eigenvalue weighted by molar-refractivity contribution is -0.121. The molecule has 1 atom stereocenters. The summed E-state index contributed by atoms with van der Waals surface area (Å²) < 4.78 is 47.6. The highest BCUT2D eigenvalue weighted by atomic mass is 32.2. The average molecular weight is 502 g/mol. The minimum atomic E-state index is -4.01. The molecule has 34 heavy (non-hydrogen) atoms. The van der Waals surface area contributed by atoms with Crippen LogP contribution in [0.15, 0.2) is 52.4 Å². The maximum atomic E-state index is 13.3. The van der Waals surface area contributed by atoms with Crippen molar-refractivity contribution in [2.45, 2.75) is 30.3 Å². The predicted octanol–water partition coefficient (Wildman–Crippen LogP) is 2.54. The van der Waals surface area contributed by atoms with Crippen LogP contribution in [0.4, 0.5) is 4.39 Å². The fourth-order valence-electron chi connectivity index (χ4n) is 3.83. The molecule has 1 aliphatic heterocycles. The number of thiazole rings is 1. The largest absolute Gasteiger partial charge is 0.465 e. The molecule has 8 nitrogen and oxygen atoms in total. The van der Waals surface area contributed by atoms with Crippen molar-refractivity contribution < 1.29 is 27.1 Å². The van der Waals surface area contributed by atoms with Gasteiger partial charge in [0.25, 0.3) is 5.91 Å². The number of benzene rings is 2. The number of amides is 1. The number of halogens is 1. The minimum absolute atomic E-state index is 0.0896. The van der Waals surface area contributed by atoms with E-state index in [0.717, 1.165) is 27.8 Å². The number of rotatable bonds is 5.